The molecule has 0 unspecified atom stereocenters. The zero-order chi connectivity index (χ0) is 23.5. The molecule has 0 spiro atoms. The summed E-state index contributed by atoms with van der Waals surface area (Å²) in [5, 5.41) is 14.6. The molecule has 0 atom stereocenters. The molecule has 0 saturated carbocycles. The van der Waals surface area contributed by atoms with Crippen LogP contribution >= 0.6 is 11.6 Å². The number of hydrogen-bond acceptors (Lipinski definition) is 5. The van der Waals surface area contributed by atoms with Crippen LogP contribution < -0.4 is 10.1 Å². The van der Waals surface area contributed by atoms with Crippen LogP contribution in [0.2, 0.25) is 5.02 Å². The van der Waals surface area contributed by atoms with Gasteiger partial charge in [-0.1, -0.05) is 41.9 Å². The quantitative estimate of drug-likeness (QED) is 0.351. The molecule has 170 valence electrons. The molecule has 6 nitrogen and oxygen atoms in total. The van der Waals surface area contributed by atoms with Crippen LogP contribution in [0.1, 0.15) is 27.2 Å². The minimum Gasteiger partial charge on any atom is -0.508 e. The van der Waals surface area contributed by atoms with Crippen molar-refractivity contribution in [3.05, 3.63) is 88.1 Å². The molecule has 4 rings (SSSR count). The maximum absolute atomic E-state index is 13.3. The third kappa shape index (κ3) is 4.82. The SMILES string of the molecule is COc1ccc(NC(=O)c2c(C)oc3ccc(O)c(CN(C)Cc4ccccc4)c23)cc1Cl. The lowest BCUT2D eigenvalue weighted by Gasteiger charge is -2.18. The van der Waals surface area contributed by atoms with Crippen LogP contribution in [0.4, 0.5) is 5.69 Å². The van der Waals surface area contributed by atoms with E-state index in [1.165, 1.54) is 7.11 Å². The molecule has 2 N–H and O–H groups in total. The van der Waals surface area contributed by atoms with Crippen LogP contribution in [0.25, 0.3) is 11.0 Å². The van der Waals surface area contributed by atoms with Gasteiger partial charge in [-0.2, -0.15) is 0 Å². The van der Waals surface area contributed by atoms with Gasteiger partial charge in [0.05, 0.1) is 17.7 Å². The number of carbonyl (C=O) groups is 1. The van der Waals surface area contributed by atoms with Crippen molar-refractivity contribution in [3.63, 3.8) is 0 Å². The van der Waals surface area contributed by atoms with Crippen molar-refractivity contribution in [3.8, 4) is 11.5 Å². The summed E-state index contributed by atoms with van der Waals surface area (Å²) in [4.78, 5) is 15.4. The Bertz CT molecular complexity index is 1300. The van der Waals surface area contributed by atoms with Crippen molar-refractivity contribution >= 4 is 34.2 Å². The maximum atomic E-state index is 13.3. The van der Waals surface area contributed by atoms with Gasteiger partial charge in [0.25, 0.3) is 5.91 Å². The number of phenols is 1. The van der Waals surface area contributed by atoms with E-state index in [4.69, 9.17) is 20.8 Å². The van der Waals surface area contributed by atoms with Gasteiger partial charge in [0.15, 0.2) is 0 Å². The van der Waals surface area contributed by atoms with Gasteiger partial charge in [-0.05, 0) is 49.9 Å². The Hall–Kier alpha value is -3.48. The van der Waals surface area contributed by atoms with E-state index in [9.17, 15) is 9.90 Å². The summed E-state index contributed by atoms with van der Waals surface area (Å²) < 4.78 is 11.0. The average molecular weight is 465 g/mol. The molecule has 0 bridgehead atoms. The first-order valence-corrected chi connectivity index (χ1v) is 10.9. The maximum Gasteiger partial charge on any atom is 0.259 e. The molecule has 1 heterocycles. The number of aromatic hydroxyl groups is 1. The number of anilines is 1. The fraction of sp³-hybridized carbons (Fsp3) is 0.192. The highest BCUT2D eigenvalue weighted by Gasteiger charge is 2.24. The third-order valence-electron chi connectivity index (χ3n) is 5.48. The number of hydrogen-bond donors (Lipinski definition) is 2. The molecule has 0 aliphatic carbocycles. The summed E-state index contributed by atoms with van der Waals surface area (Å²) in [6, 6.07) is 18.4. The summed E-state index contributed by atoms with van der Waals surface area (Å²) in [7, 11) is 3.50. The van der Waals surface area contributed by atoms with Gasteiger partial charge in [0.1, 0.15) is 22.8 Å². The van der Waals surface area contributed by atoms with Crippen molar-refractivity contribution in [2.24, 2.45) is 0 Å². The number of amides is 1. The first-order chi connectivity index (χ1) is 15.9. The fourth-order valence-electron chi connectivity index (χ4n) is 3.96. The number of ether oxygens (including phenoxy) is 1. The summed E-state index contributed by atoms with van der Waals surface area (Å²) in [6.45, 7) is 2.87. The second-order valence-corrected chi connectivity index (χ2v) is 8.34. The van der Waals surface area contributed by atoms with E-state index >= 15 is 0 Å². The van der Waals surface area contributed by atoms with E-state index in [-0.39, 0.29) is 11.7 Å². The highest BCUT2D eigenvalue weighted by molar-refractivity contribution is 6.32. The Morgan fingerprint density at radius 2 is 1.88 bits per heavy atom. The van der Waals surface area contributed by atoms with Crippen LogP contribution in [-0.4, -0.2) is 30.1 Å². The highest BCUT2D eigenvalue weighted by atomic mass is 35.5. The Morgan fingerprint density at radius 3 is 2.58 bits per heavy atom. The molecule has 0 radical (unpaired) electrons. The van der Waals surface area contributed by atoms with E-state index < -0.39 is 0 Å². The van der Waals surface area contributed by atoms with E-state index in [2.05, 4.69) is 22.3 Å². The molecule has 0 fully saturated rings. The molecule has 4 aromatic rings. The van der Waals surface area contributed by atoms with Gasteiger partial charge in [-0.3, -0.25) is 9.69 Å². The van der Waals surface area contributed by atoms with E-state index in [1.807, 2.05) is 25.2 Å². The number of furan rings is 1. The molecular weight excluding hydrogens is 440 g/mol. The molecule has 3 aromatic carbocycles. The van der Waals surface area contributed by atoms with Crippen LogP contribution in [0.3, 0.4) is 0 Å². The Morgan fingerprint density at radius 1 is 1.12 bits per heavy atom. The normalized spacial score (nSPS) is 11.2. The Labute approximate surface area is 197 Å². The lowest BCUT2D eigenvalue weighted by molar-refractivity contribution is 0.102. The minimum atomic E-state index is -0.343. The minimum absolute atomic E-state index is 0.116. The summed E-state index contributed by atoms with van der Waals surface area (Å²) in [5.74, 6) is 0.766. The molecule has 0 aliphatic rings. The van der Waals surface area contributed by atoms with Crippen LogP contribution in [0.5, 0.6) is 11.5 Å². The van der Waals surface area contributed by atoms with Gasteiger partial charge in [-0.15, -0.1) is 0 Å². The highest BCUT2D eigenvalue weighted by Crippen LogP contribution is 2.35. The molecule has 1 amide bonds. The van der Waals surface area contributed by atoms with Gasteiger partial charge in [0.2, 0.25) is 0 Å². The smallest absolute Gasteiger partial charge is 0.259 e. The number of aryl methyl sites for hydroxylation is 1. The van der Waals surface area contributed by atoms with Crippen molar-refractivity contribution in [2.45, 2.75) is 20.0 Å². The van der Waals surface area contributed by atoms with E-state index in [1.54, 1.807) is 37.3 Å². The Balaban J connectivity index is 1.67. The number of carbonyl (C=O) groups excluding carboxylic acids is 1. The first-order valence-electron chi connectivity index (χ1n) is 10.5. The standard InChI is InChI=1S/C26H25ClN2O4/c1-16-24(26(31)28-18-9-11-22(32-3)20(27)13-18)25-19(21(30)10-12-23(25)33-16)15-29(2)14-17-7-5-4-6-8-17/h4-13,30H,14-15H2,1-3H3,(H,28,31). The number of phenolic OH excluding ortho intramolecular Hbond substituents is 1. The van der Waals surface area contributed by atoms with Crippen molar-refractivity contribution < 1.29 is 19.1 Å². The zero-order valence-electron chi connectivity index (χ0n) is 18.7. The Kier molecular flexibility index (Phi) is 6.58. The second kappa shape index (κ2) is 9.57. The van der Waals surface area contributed by atoms with Crippen LogP contribution in [0, 0.1) is 6.92 Å². The van der Waals surface area contributed by atoms with Gasteiger partial charge in [0, 0.05) is 29.7 Å². The number of methoxy groups -OCH3 is 1. The van der Waals surface area contributed by atoms with Gasteiger partial charge < -0.3 is 19.6 Å². The topological polar surface area (TPSA) is 74.9 Å². The monoisotopic (exact) mass is 464 g/mol. The van der Waals surface area contributed by atoms with Crippen LogP contribution in [0.15, 0.2) is 65.1 Å². The number of halogens is 1. The largest absolute Gasteiger partial charge is 0.508 e. The summed E-state index contributed by atoms with van der Waals surface area (Å²) in [6.07, 6.45) is 0. The number of rotatable bonds is 7. The third-order valence-corrected chi connectivity index (χ3v) is 5.77. The van der Waals surface area contributed by atoms with Crippen molar-refractivity contribution in [2.75, 3.05) is 19.5 Å². The lowest BCUT2D eigenvalue weighted by Crippen LogP contribution is -2.18. The van der Waals surface area contributed by atoms with E-state index in [0.717, 1.165) is 5.56 Å². The second-order valence-electron chi connectivity index (χ2n) is 7.93. The molecule has 7 heteroatoms. The summed E-state index contributed by atoms with van der Waals surface area (Å²) in [5.41, 5.74) is 3.26. The molecule has 0 saturated heterocycles. The number of nitrogens with zero attached hydrogens (tertiary/aromatic N) is 1. The van der Waals surface area contributed by atoms with Gasteiger partial charge in [-0.25, -0.2) is 0 Å². The zero-order valence-corrected chi connectivity index (χ0v) is 19.4. The molecule has 33 heavy (non-hydrogen) atoms. The van der Waals surface area contributed by atoms with Crippen molar-refractivity contribution in [1.29, 1.82) is 0 Å². The van der Waals surface area contributed by atoms with Crippen molar-refractivity contribution in [1.82, 2.24) is 4.90 Å². The predicted octanol–water partition coefficient (Wildman–Crippen LogP) is 5.99. The fourth-order valence-corrected chi connectivity index (χ4v) is 4.22. The number of benzene rings is 3. The molecule has 1 aromatic heterocycles. The average Bonchev–Trinajstić information content (AvgIpc) is 3.13. The number of nitrogens with one attached hydrogen (secondary N) is 1. The summed E-state index contributed by atoms with van der Waals surface area (Å²) >= 11 is 6.20. The first kappa shape index (κ1) is 22.7. The molecular formula is C26H25ClN2O4. The van der Waals surface area contributed by atoms with E-state index in [0.29, 0.717) is 57.4 Å². The van der Waals surface area contributed by atoms with Crippen LogP contribution in [-0.2, 0) is 13.1 Å². The van der Waals surface area contributed by atoms with Gasteiger partial charge >= 0.3 is 0 Å². The lowest BCUT2D eigenvalue weighted by atomic mass is 10.0. The number of fused-ring (bicyclic) bond motifs is 1. The predicted molar refractivity (Wildman–Crippen MR) is 130 cm³/mol. The molecule has 0 aliphatic heterocycles.